The Morgan fingerprint density at radius 1 is 1.28 bits per heavy atom. The van der Waals surface area contributed by atoms with Crippen molar-refractivity contribution >= 4 is 9.84 Å². The van der Waals surface area contributed by atoms with Crippen LogP contribution in [-0.4, -0.2) is 32.7 Å². The fourth-order valence-electron chi connectivity index (χ4n) is 1.18. The molecule has 0 saturated heterocycles. The van der Waals surface area contributed by atoms with Gasteiger partial charge >= 0.3 is 5.25 Å². The van der Waals surface area contributed by atoms with Crippen LogP contribution >= 0.6 is 0 Å². The molecule has 102 valence electrons. The molecule has 0 radical (unpaired) electrons. The first-order valence-corrected chi connectivity index (χ1v) is 6.97. The molecule has 0 heterocycles. The van der Waals surface area contributed by atoms with Crippen molar-refractivity contribution in [2.24, 2.45) is 0 Å². The summed E-state index contributed by atoms with van der Waals surface area (Å²) in [6.07, 6.45) is -2.59. The van der Waals surface area contributed by atoms with Crippen LogP contribution in [0.1, 0.15) is 5.56 Å². The Hall–Kier alpha value is -1.08. The monoisotopic (exact) mass is 282 g/mol. The van der Waals surface area contributed by atoms with E-state index in [1.807, 2.05) is 0 Å². The van der Waals surface area contributed by atoms with Crippen molar-refractivity contribution < 1.29 is 26.3 Å². The summed E-state index contributed by atoms with van der Waals surface area (Å²) in [7, 11) is -4.78. The van der Waals surface area contributed by atoms with Crippen LogP contribution < -0.4 is 0 Å². The average molecular weight is 282 g/mol. The van der Waals surface area contributed by atoms with Gasteiger partial charge in [0.1, 0.15) is 0 Å². The lowest BCUT2D eigenvalue weighted by Gasteiger charge is -2.18. The molecule has 0 amide bonds. The normalized spacial score (nSPS) is 14.4. The second-order valence-electron chi connectivity index (χ2n) is 3.80. The lowest BCUT2D eigenvalue weighted by Crippen LogP contribution is -2.40. The van der Waals surface area contributed by atoms with Gasteiger partial charge in [0.15, 0.2) is 0 Å². The summed E-state index contributed by atoms with van der Waals surface area (Å²) in [6, 6.07) is 8.57. The summed E-state index contributed by atoms with van der Waals surface area (Å²) < 4.78 is 65.2. The molecule has 18 heavy (non-hydrogen) atoms. The van der Waals surface area contributed by atoms with Gasteiger partial charge in [-0.25, -0.2) is 12.8 Å². The topological polar surface area (TPSA) is 43.4 Å². The van der Waals surface area contributed by atoms with E-state index in [-0.39, 0.29) is 12.9 Å². The molecule has 0 aromatic heterocycles. The Morgan fingerprint density at radius 3 is 2.33 bits per heavy atom. The standard InChI is InChI=1S/C11H13F3O3S/c1-18(15,16)11(13,14)10(12)8-17-7-9-5-3-2-4-6-9/h2-6,10H,7-8H2,1H3. The van der Waals surface area contributed by atoms with Crippen molar-refractivity contribution in [2.75, 3.05) is 12.9 Å². The number of sulfone groups is 1. The number of alkyl halides is 3. The third-order valence-corrected chi connectivity index (χ3v) is 3.48. The molecule has 0 spiro atoms. The second kappa shape index (κ2) is 5.71. The lowest BCUT2D eigenvalue weighted by atomic mass is 10.2. The Kier molecular flexibility index (Phi) is 4.75. The van der Waals surface area contributed by atoms with Crippen LogP contribution in [0.25, 0.3) is 0 Å². The SMILES string of the molecule is CS(=O)(=O)C(F)(F)C(F)COCc1ccccc1. The fraction of sp³-hybridized carbons (Fsp3) is 0.455. The zero-order chi connectivity index (χ0) is 13.8. The highest BCUT2D eigenvalue weighted by atomic mass is 32.2. The van der Waals surface area contributed by atoms with Crippen molar-refractivity contribution in [2.45, 2.75) is 18.0 Å². The van der Waals surface area contributed by atoms with Crippen molar-refractivity contribution in [1.29, 1.82) is 0 Å². The molecule has 0 aliphatic rings. The Morgan fingerprint density at radius 2 is 1.83 bits per heavy atom. The molecule has 1 unspecified atom stereocenters. The first-order chi connectivity index (χ1) is 8.25. The zero-order valence-corrected chi connectivity index (χ0v) is 10.5. The first-order valence-electron chi connectivity index (χ1n) is 5.08. The van der Waals surface area contributed by atoms with Gasteiger partial charge in [-0.15, -0.1) is 0 Å². The molecule has 1 rings (SSSR count). The smallest absolute Gasteiger partial charge is 0.373 e. The average Bonchev–Trinajstić information content (AvgIpc) is 2.28. The highest BCUT2D eigenvalue weighted by molar-refractivity contribution is 7.91. The zero-order valence-electron chi connectivity index (χ0n) is 9.65. The van der Waals surface area contributed by atoms with Crippen molar-refractivity contribution in [3.8, 4) is 0 Å². The van der Waals surface area contributed by atoms with Crippen LogP contribution in [-0.2, 0) is 21.2 Å². The van der Waals surface area contributed by atoms with Gasteiger partial charge in [-0.1, -0.05) is 30.3 Å². The van der Waals surface area contributed by atoms with E-state index >= 15 is 0 Å². The van der Waals surface area contributed by atoms with Crippen molar-refractivity contribution in [3.05, 3.63) is 35.9 Å². The number of hydrogen-bond donors (Lipinski definition) is 0. The fourth-order valence-corrected chi connectivity index (χ4v) is 1.72. The summed E-state index contributed by atoms with van der Waals surface area (Å²) in [5.74, 6) is 0. The molecule has 0 saturated carbocycles. The molecule has 0 aliphatic heterocycles. The van der Waals surface area contributed by atoms with E-state index < -0.39 is 27.9 Å². The van der Waals surface area contributed by atoms with Crippen LogP contribution in [0.15, 0.2) is 30.3 Å². The summed E-state index contributed by atoms with van der Waals surface area (Å²) >= 11 is 0. The van der Waals surface area contributed by atoms with Gasteiger partial charge in [0.25, 0.3) is 0 Å². The number of ether oxygens (including phenoxy) is 1. The van der Waals surface area contributed by atoms with Crippen LogP contribution in [0.5, 0.6) is 0 Å². The molecule has 0 fully saturated rings. The summed E-state index contributed by atoms with van der Waals surface area (Å²) in [5.41, 5.74) is 0.687. The maximum absolute atomic E-state index is 13.1. The Bertz CT molecular complexity index is 474. The van der Waals surface area contributed by atoms with E-state index in [4.69, 9.17) is 4.74 Å². The number of hydrogen-bond acceptors (Lipinski definition) is 3. The van der Waals surface area contributed by atoms with Crippen LogP contribution in [0, 0.1) is 0 Å². The van der Waals surface area contributed by atoms with Crippen LogP contribution in [0.4, 0.5) is 13.2 Å². The highest BCUT2D eigenvalue weighted by Gasteiger charge is 2.50. The molecule has 0 bridgehead atoms. The molecule has 3 nitrogen and oxygen atoms in total. The Balaban J connectivity index is 2.50. The second-order valence-corrected chi connectivity index (χ2v) is 5.89. The van der Waals surface area contributed by atoms with E-state index in [1.54, 1.807) is 30.3 Å². The largest absolute Gasteiger partial charge is 0.377 e. The van der Waals surface area contributed by atoms with Gasteiger partial charge in [0.05, 0.1) is 13.2 Å². The van der Waals surface area contributed by atoms with Gasteiger partial charge in [-0.3, -0.25) is 0 Å². The molecule has 0 N–H and O–H groups in total. The van der Waals surface area contributed by atoms with Gasteiger partial charge in [0, 0.05) is 6.26 Å². The van der Waals surface area contributed by atoms with Gasteiger partial charge in [-0.05, 0) is 5.56 Å². The summed E-state index contributed by atoms with van der Waals surface area (Å²) in [4.78, 5) is 0. The minimum atomic E-state index is -4.78. The van der Waals surface area contributed by atoms with E-state index in [9.17, 15) is 21.6 Å². The van der Waals surface area contributed by atoms with Crippen molar-refractivity contribution in [3.63, 3.8) is 0 Å². The van der Waals surface area contributed by atoms with Crippen LogP contribution in [0.3, 0.4) is 0 Å². The van der Waals surface area contributed by atoms with E-state index in [0.717, 1.165) is 0 Å². The maximum Gasteiger partial charge on any atom is 0.377 e. The first kappa shape index (κ1) is 15.0. The molecule has 1 aromatic carbocycles. The molecule has 0 aliphatic carbocycles. The third-order valence-electron chi connectivity index (χ3n) is 2.23. The van der Waals surface area contributed by atoms with E-state index in [0.29, 0.717) is 5.56 Å². The predicted molar refractivity (Wildman–Crippen MR) is 60.8 cm³/mol. The lowest BCUT2D eigenvalue weighted by molar-refractivity contribution is -0.0435. The summed E-state index contributed by atoms with van der Waals surface area (Å²) in [5, 5.41) is -4.43. The highest BCUT2D eigenvalue weighted by Crippen LogP contribution is 2.27. The minimum absolute atomic E-state index is 0.0545. The molecular weight excluding hydrogens is 269 g/mol. The Labute approximate surface area is 103 Å². The number of rotatable bonds is 6. The molecular formula is C11H13F3O3S. The summed E-state index contributed by atoms with van der Waals surface area (Å²) in [6.45, 7) is -1.03. The minimum Gasteiger partial charge on any atom is -0.373 e. The van der Waals surface area contributed by atoms with Gasteiger partial charge in [-0.2, -0.15) is 8.78 Å². The molecule has 1 aromatic rings. The molecule has 1 atom stereocenters. The van der Waals surface area contributed by atoms with Crippen molar-refractivity contribution in [1.82, 2.24) is 0 Å². The molecule has 7 heteroatoms. The van der Waals surface area contributed by atoms with Gasteiger partial charge in [0.2, 0.25) is 16.0 Å². The van der Waals surface area contributed by atoms with Crippen LogP contribution in [0.2, 0.25) is 0 Å². The predicted octanol–water partition coefficient (Wildman–Crippen LogP) is 2.18. The number of benzene rings is 1. The number of halogens is 3. The quantitative estimate of drug-likeness (QED) is 0.803. The van der Waals surface area contributed by atoms with E-state index in [2.05, 4.69) is 0 Å². The maximum atomic E-state index is 13.1. The third kappa shape index (κ3) is 3.71. The van der Waals surface area contributed by atoms with E-state index in [1.165, 1.54) is 0 Å². The van der Waals surface area contributed by atoms with Gasteiger partial charge < -0.3 is 4.74 Å².